The molecule has 0 radical (unpaired) electrons. The molecule has 8 heteroatoms. The van der Waals surface area contributed by atoms with Crippen molar-refractivity contribution in [3.05, 3.63) is 12.3 Å². The van der Waals surface area contributed by atoms with Crippen LogP contribution in [0.5, 0.6) is 0 Å². The molecule has 2 N–H and O–H groups in total. The van der Waals surface area contributed by atoms with Gasteiger partial charge in [-0.25, -0.2) is 4.79 Å². The van der Waals surface area contributed by atoms with Crippen LogP contribution in [-0.2, 0) is 9.47 Å². The van der Waals surface area contributed by atoms with Gasteiger partial charge in [-0.15, -0.1) is 0 Å². The summed E-state index contributed by atoms with van der Waals surface area (Å²) >= 11 is 0. The number of nitrogens with one attached hydrogen (secondary N) is 2. The maximum absolute atomic E-state index is 12.6. The van der Waals surface area contributed by atoms with Crippen LogP contribution in [-0.4, -0.2) is 30.4 Å². The molecular formula is C13H21F3N2O3. The molecule has 0 spiro atoms. The summed E-state index contributed by atoms with van der Waals surface area (Å²) in [6.45, 7) is 6.31. The van der Waals surface area contributed by atoms with Crippen molar-refractivity contribution in [2.45, 2.75) is 46.4 Å². The van der Waals surface area contributed by atoms with E-state index in [1.54, 1.807) is 20.8 Å². The summed E-state index contributed by atoms with van der Waals surface area (Å²) < 4.78 is 47.3. The van der Waals surface area contributed by atoms with Crippen molar-refractivity contribution in [2.75, 3.05) is 6.61 Å². The van der Waals surface area contributed by atoms with Gasteiger partial charge in [0.2, 0.25) is 5.90 Å². The number of rotatable bonds is 4. The van der Waals surface area contributed by atoms with Crippen molar-refractivity contribution in [3.8, 4) is 0 Å². The highest BCUT2D eigenvalue weighted by Crippen LogP contribution is 2.37. The van der Waals surface area contributed by atoms with Crippen LogP contribution in [0, 0.1) is 10.8 Å². The van der Waals surface area contributed by atoms with Crippen molar-refractivity contribution < 1.29 is 27.4 Å². The molecule has 21 heavy (non-hydrogen) atoms. The summed E-state index contributed by atoms with van der Waals surface area (Å²) in [4.78, 5) is 11.2. The standard InChI is InChI=1S/C13H21F3N2O3/c1-11(2,3)21-10(19)18-7-6-9(17)20-8-12(4,5)13(14,15)16/h6-7,17H,8H2,1-5H3,(H,18,19)/b7-6-,17-9?. The number of alkyl halides is 3. The zero-order valence-corrected chi connectivity index (χ0v) is 12.7. The number of carbonyl (C=O) groups is 1. The molecule has 5 nitrogen and oxygen atoms in total. The second-order valence-corrected chi connectivity index (χ2v) is 6.01. The Labute approximate surface area is 122 Å². The first-order chi connectivity index (χ1) is 9.24. The summed E-state index contributed by atoms with van der Waals surface area (Å²) in [5, 5.41) is 9.54. The predicted octanol–water partition coefficient (Wildman–Crippen LogP) is 3.61. The van der Waals surface area contributed by atoms with E-state index in [1.165, 1.54) is 0 Å². The van der Waals surface area contributed by atoms with Crippen LogP contribution in [0.1, 0.15) is 34.6 Å². The largest absolute Gasteiger partial charge is 0.477 e. The van der Waals surface area contributed by atoms with E-state index in [1.807, 2.05) is 0 Å². The SMILES string of the molecule is CC(C)(C)OC(=O)N/C=C\C(=N)OCC(C)(C)C(F)(F)F. The van der Waals surface area contributed by atoms with Gasteiger partial charge in [-0.3, -0.25) is 10.7 Å². The van der Waals surface area contributed by atoms with Crippen LogP contribution in [0.2, 0.25) is 0 Å². The van der Waals surface area contributed by atoms with E-state index < -0.39 is 35.8 Å². The molecule has 0 saturated carbocycles. The van der Waals surface area contributed by atoms with Crippen LogP contribution in [0.15, 0.2) is 12.3 Å². The van der Waals surface area contributed by atoms with Gasteiger partial charge >= 0.3 is 12.3 Å². The fourth-order valence-corrected chi connectivity index (χ4v) is 0.881. The topological polar surface area (TPSA) is 71.4 Å². The second-order valence-electron chi connectivity index (χ2n) is 6.01. The third-order valence-electron chi connectivity index (χ3n) is 2.19. The van der Waals surface area contributed by atoms with E-state index in [0.717, 1.165) is 26.1 Å². The second kappa shape index (κ2) is 6.82. The molecule has 0 rings (SSSR count). The first-order valence-electron chi connectivity index (χ1n) is 6.19. The minimum atomic E-state index is -4.42. The minimum absolute atomic E-state index is 0.497. The Balaban J connectivity index is 4.22. The zero-order chi connectivity index (χ0) is 16.9. The van der Waals surface area contributed by atoms with E-state index in [4.69, 9.17) is 14.9 Å². The van der Waals surface area contributed by atoms with E-state index in [2.05, 4.69) is 5.32 Å². The Morgan fingerprint density at radius 3 is 2.14 bits per heavy atom. The van der Waals surface area contributed by atoms with Crippen molar-refractivity contribution in [1.82, 2.24) is 5.32 Å². The van der Waals surface area contributed by atoms with Gasteiger partial charge in [0.05, 0.1) is 5.41 Å². The smallest absolute Gasteiger partial charge is 0.411 e. The fourth-order valence-electron chi connectivity index (χ4n) is 0.881. The molecule has 0 bridgehead atoms. The van der Waals surface area contributed by atoms with E-state index in [9.17, 15) is 18.0 Å². The van der Waals surface area contributed by atoms with Gasteiger partial charge in [0.1, 0.15) is 12.2 Å². The lowest BCUT2D eigenvalue weighted by Gasteiger charge is -2.27. The van der Waals surface area contributed by atoms with E-state index in [-0.39, 0.29) is 0 Å². The minimum Gasteiger partial charge on any atom is -0.477 e. The Morgan fingerprint density at radius 1 is 1.19 bits per heavy atom. The van der Waals surface area contributed by atoms with Gasteiger partial charge in [-0.05, 0) is 34.6 Å². The summed E-state index contributed by atoms with van der Waals surface area (Å²) in [6, 6.07) is 0. The first kappa shape index (κ1) is 19.3. The highest BCUT2D eigenvalue weighted by molar-refractivity contribution is 5.85. The Kier molecular flexibility index (Phi) is 6.26. The first-order valence-corrected chi connectivity index (χ1v) is 6.19. The number of carbonyl (C=O) groups excluding carboxylic acids is 1. The number of ether oxygens (including phenoxy) is 2. The van der Waals surface area contributed by atoms with Gasteiger partial charge in [-0.2, -0.15) is 13.2 Å². The highest BCUT2D eigenvalue weighted by atomic mass is 19.4. The average Bonchev–Trinajstić information content (AvgIpc) is 2.22. The Bertz CT molecular complexity index is 410. The third-order valence-corrected chi connectivity index (χ3v) is 2.19. The molecule has 0 aliphatic heterocycles. The van der Waals surface area contributed by atoms with Gasteiger partial charge in [-0.1, -0.05) is 0 Å². The van der Waals surface area contributed by atoms with Crippen LogP contribution in [0.25, 0.3) is 0 Å². The van der Waals surface area contributed by atoms with Crippen molar-refractivity contribution in [1.29, 1.82) is 5.41 Å². The molecule has 122 valence electrons. The zero-order valence-electron chi connectivity index (χ0n) is 12.7. The fraction of sp³-hybridized carbons (Fsp3) is 0.692. The molecule has 0 saturated heterocycles. The third kappa shape index (κ3) is 8.21. The molecule has 0 aliphatic carbocycles. The molecule has 0 heterocycles. The van der Waals surface area contributed by atoms with E-state index >= 15 is 0 Å². The monoisotopic (exact) mass is 310 g/mol. The highest BCUT2D eigenvalue weighted by Gasteiger charge is 2.48. The number of halogens is 3. The molecule has 0 fully saturated rings. The molecule has 0 aliphatic rings. The lowest BCUT2D eigenvalue weighted by Crippen LogP contribution is -2.37. The lowest BCUT2D eigenvalue weighted by atomic mass is 9.94. The van der Waals surface area contributed by atoms with Gasteiger partial charge in [0.25, 0.3) is 0 Å². The molecule has 0 atom stereocenters. The molecule has 0 aromatic rings. The number of hydrogen-bond acceptors (Lipinski definition) is 4. The van der Waals surface area contributed by atoms with Gasteiger partial charge < -0.3 is 9.47 Å². The average molecular weight is 310 g/mol. The maximum Gasteiger partial charge on any atom is 0.411 e. The summed E-state index contributed by atoms with van der Waals surface area (Å²) in [7, 11) is 0. The van der Waals surface area contributed by atoms with E-state index in [0.29, 0.717) is 0 Å². The molecule has 0 aromatic carbocycles. The summed E-state index contributed by atoms with van der Waals surface area (Å²) in [6.07, 6.45) is -3.07. The molecule has 0 unspecified atom stereocenters. The number of alkyl carbamates (subject to hydrolysis) is 1. The van der Waals surface area contributed by atoms with Crippen LogP contribution in [0.4, 0.5) is 18.0 Å². The number of amides is 1. The van der Waals surface area contributed by atoms with Crippen molar-refractivity contribution in [2.24, 2.45) is 5.41 Å². The van der Waals surface area contributed by atoms with Crippen LogP contribution >= 0.6 is 0 Å². The summed E-state index contributed by atoms with van der Waals surface area (Å²) in [5.41, 5.74) is -2.73. The number of hydrogen-bond donors (Lipinski definition) is 2. The Hall–Kier alpha value is -1.73. The maximum atomic E-state index is 12.6. The quantitative estimate of drug-likeness (QED) is 0.615. The van der Waals surface area contributed by atoms with Crippen LogP contribution < -0.4 is 5.32 Å². The Morgan fingerprint density at radius 2 is 1.71 bits per heavy atom. The van der Waals surface area contributed by atoms with Crippen LogP contribution in [0.3, 0.4) is 0 Å². The van der Waals surface area contributed by atoms with Crippen molar-refractivity contribution >= 4 is 12.0 Å². The van der Waals surface area contributed by atoms with Crippen molar-refractivity contribution in [3.63, 3.8) is 0 Å². The van der Waals surface area contributed by atoms with Gasteiger partial charge in [0.15, 0.2) is 0 Å². The van der Waals surface area contributed by atoms with Gasteiger partial charge in [0, 0.05) is 12.3 Å². The normalized spacial score (nSPS) is 13.1. The molecule has 1 amide bonds. The predicted molar refractivity (Wildman–Crippen MR) is 72.0 cm³/mol. The molecule has 0 aromatic heterocycles. The molecular weight excluding hydrogens is 289 g/mol. The lowest BCUT2D eigenvalue weighted by molar-refractivity contribution is -0.220. The summed E-state index contributed by atoms with van der Waals surface area (Å²) in [5.74, 6) is -0.497.